The van der Waals surface area contributed by atoms with E-state index < -0.39 is 49.4 Å². The van der Waals surface area contributed by atoms with Gasteiger partial charge in [0.25, 0.3) is 29.7 Å². The molecule has 2 saturated carbocycles. The Kier molecular flexibility index (Phi) is 9.24. The number of hydrogen-bond donors (Lipinski definition) is 2. The van der Waals surface area contributed by atoms with Gasteiger partial charge < -0.3 is 24.8 Å². The van der Waals surface area contributed by atoms with Gasteiger partial charge in [-0.1, -0.05) is 12.5 Å². The molecule has 0 spiro atoms. The zero-order valence-corrected chi connectivity index (χ0v) is 26.1. The van der Waals surface area contributed by atoms with Crippen LogP contribution in [-0.2, 0) is 6.54 Å². The summed E-state index contributed by atoms with van der Waals surface area (Å²) < 4.78 is 60.1. The molecular weight excluding hydrogens is 632 g/mol. The van der Waals surface area contributed by atoms with Gasteiger partial charge in [0.15, 0.2) is 6.61 Å². The van der Waals surface area contributed by atoms with Crippen LogP contribution < -0.4 is 20.9 Å². The first-order chi connectivity index (χ1) is 22.9. The van der Waals surface area contributed by atoms with Crippen LogP contribution in [0.2, 0.25) is 0 Å². The first-order valence-corrected chi connectivity index (χ1v) is 15.9. The van der Waals surface area contributed by atoms with Crippen molar-refractivity contribution in [2.75, 3.05) is 25.0 Å². The molecule has 3 fully saturated rings. The molecule has 3 heterocycles. The Balaban J connectivity index is 1.32. The van der Waals surface area contributed by atoms with Gasteiger partial charge in [-0.2, -0.15) is 10.2 Å². The summed E-state index contributed by atoms with van der Waals surface area (Å²) in [5, 5.41) is 15.5. The minimum atomic E-state index is -3.03. The number of aromatic nitrogens is 2. The molecule has 0 radical (unpaired) electrons. The van der Waals surface area contributed by atoms with E-state index in [1.807, 2.05) is 6.07 Å². The van der Waals surface area contributed by atoms with Crippen molar-refractivity contribution in [2.45, 2.75) is 70.0 Å². The van der Waals surface area contributed by atoms with Crippen LogP contribution >= 0.6 is 0 Å². The maximum atomic E-state index is 13.7. The Morgan fingerprint density at radius 3 is 2.48 bits per heavy atom. The number of ether oxygens (including phenoxy) is 1. The number of nitriles is 1. The Labute approximate surface area is 273 Å². The van der Waals surface area contributed by atoms with Gasteiger partial charge in [-0.25, -0.2) is 17.6 Å². The number of carbonyl (C=O) groups is 2. The molecule has 10 nitrogen and oxygen atoms in total. The zero-order valence-electron chi connectivity index (χ0n) is 26.1. The summed E-state index contributed by atoms with van der Waals surface area (Å²) in [5.74, 6) is -4.48. The summed E-state index contributed by atoms with van der Waals surface area (Å²) in [5.41, 5.74) is 0.473. The number of likely N-dealkylation sites (tertiary alicyclic amines) is 1. The van der Waals surface area contributed by atoms with Gasteiger partial charge in [0.05, 0.1) is 24.7 Å². The number of hydrogen-bond acceptors (Lipinski definition) is 7. The molecule has 48 heavy (non-hydrogen) atoms. The molecule has 2 aliphatic carbocycles. The second-order valence-electron chi connectivity index (χ2n) is 12.7. The smallest absolute Gasteiger partial charge is 0.282 e. The lowest BCUT2D eigenvalue weighted by atomic mass is 9.80. The maximum Gasteiger partial charge on any atom is 0.282 e. The highest BCUT2D eigenvalue weighted by atomic mass is 19.3. The quantitative estimate of drug-likeness (QED) is 0.248. The molecule has 3 aromatic rings. The highest BCUT2D eigenvalue weighted by Gasteiger charge is 2.46. The Bertz CT molecular complexity index is 1820. The van der Waals surface area contributed by atoms with Gasteiger partial charge in [0.1, 0.15) is 11.4 Å². The SMILES string of the molecule is C[C@H](NCc1cc(C(=O)Nc2cc(-c3ccc(C#N)cc3C(=O)N3CC(F)(F)C3)cc(OCC(F)F)n2)c(=O)n(C2CC2)c1)C1CCC1. The van der Waals surface area contributed by atoms with E-state index in [-0.39, 0.29) is 51.6 Å². The molecule has 252 valence electrons. The topological polar surface area (TPSA) is 129 Å². The molecule has 6 rings (SSSR count). The van der Waals surface area contributed by atoms with Crippen LogP contribution in [0.3, 0.4) is 0 Å². The molecule has 14 heteroatoms. The van der Waals surface area contributed by atoms with Crippen molar-refractivity contribution in [3.8, 4) is 23.1 Å². The van der Waals surface area contributed by atoms with Gasteiger partial charge in [-0.15, -0.1) is 0 Å². The average molecular weight is 667 g/mol. The van der Waals surface area contributed by atoms with E-state index in [1.54, 1.807) is 10.8 Å². The largest absolute Gasteiger partial charge is 0.472 e. The van der Waals surface area contributed by atoms with Crippen LogP contribution in [0.15, 0.2) is 47.4 Å². The van der Waals surface area contributed by atoms with E-state index in [4.69, 9.17) is 4.74 Å². The number of anilines is 1. The van der Waals surface area contributed by atoms with Crippen molar-refractivity contribution in [2.24, 2.45) is 5.92 Å². The third-order valence-electron chi connectivity index (χ3n) is 8.99. The molecule has 2 N–H and O–H groups in total. The van der Waals surface area contributed by atoms with Gasteiger partial charge in [0, 0.05) is 36.5 Å². The molecule has 3 aliphatic rings. The third kappa shape index (κ3) is 7.36. The fourth-order valence-corrected chi connectivity index (χ4v) is 5.93. The normalized spacial score (nSPS) is 17.6. The summed E-state index contributed by atoms with van der Waals surface area (Å²) in [4.78, 5) is 45.4. The lowest BCUT2D eigenvalue weighted by Crippen LogP contribution is -2.58. The molecular formula is C34H34F4N6O4. The second-order valence-corrected chi connectivity index (χ2v) is 12.7. The molecule has 2 amide bonds. The lowest BCUT2D eigenvalue weighted by Gasteiger charge is -2.39. The number of amides is 2. The van der Waals surface area contributed by atoms with Crippen molar-refractivity contribution in [1.29, 1.82) is 5.26 Å². The Morgan fingerprint density at radius 1 is 1.10 bits per heavy atom. The number of benzene rings is 1. The van der Waals surface area contributed by atoms with Gasteiger partial charge in [0.2, 0.25) is 5.88 Å². The monoisotopic (exact) mass is 666 g/mol. The fourth-order valence-electron chi connectivity index (χ4n) is 5.93. The van der Waals surface area contributed by atoms with Crippen LogP contribution in [0.5, 0.6) is 5.88 Å². The Hall–Kier alpha value is -4.77. The first-order valence-electron chi connectivity index (χ1n) is 15.9. The second kappa shape index (κ2) is 13.4. The third-order valence-corrected chi connectivity index (χ3v) is 8.99. The lowest BCUT2D eigenvalue weighted by molar-refractivity contribution is -0.113. The average Bonchev–Trinajstić information content (AvgIpc) is 3.86. The zero-order chi connectivity index (χ0) is 34.2. The molecule has 2 aromatic heterocycles. The summed E-state index contributed by atoms with van der Waals surface area (Å²) in [6.07, 6.45) is 4.06. The van der Waals surface area contributed by atoms with Crippen molar-refractivity contribution in [3.05, 3.63) is 75.2 Å². The number of pyridine rings is 2. The van der Waals surface area contributed by atoms with E-state index in [2.05, 4.69) is 22.5 Å². The van der Waals surface area contributed by atoms with E-state index in [0.717, 1.165) is 36.1 Å². The summed E-state index contributed by atoms with van der Waals surface area (Å²) in [6.45, 7) is -0.0503. The summed E-state index contributed by atoms with van der Waals surface area (Å²) in [6, 6.07) is 10.4. The highest BCUT2D eigenvalue weighted by Crippen LogP contribution is 2.35. The van der Waals surface area contributed by atoms with Gasteiger partial charge >= 0.3 is 0 Å². The molecule has 0 bridgehead atoms. The molecule has 1 aliphatic heterocycles. The Morgan fingerprint density at radius 2 is 1.85 bits per heavy atom. The first kappa shape index (κ1) is 33.1. The molecule has 0 unspecified atom stereocenters. The minimum Gasteiger partial charge on any atom is -0.472 e. The number of nitrogens with one attached hydrogen (secondary N) is 2. The fraction of sp³-hybridized carbons (Fsp3) is 0.441. The van der Waals surface area contributed by atoms with E-state index >= 15 is 0 Å². The minimum absolute atomic E-state index is 0.0115. The molecule has 1 atom stereocenters. The van der Waals surface area contributed by atoms with Gasteiger partial charge in [-0.3, -0.25) is 14.4 Å². The van der Waals surface area contributed by atoms with E-state index in [9.17, 15) is 37.2 Å². The van der Waals surface area contributed by atoms with Crippen LogP contribution in [0.4, 0.5) is 23.4 Å². The molecule has 1 aromatic carbocycles. The number of carbonyl (C=O) groups excluding carboxylic acids is 2. The number of nitrogens with zero attached hydrogens (tertiary/aromatic N) is 4. The van der Waals surface area contributed by atoms with Crippen molar-refractivity contribution in [3.63, 3.8) is 0 Å². The maximum absolute atomic E-state index is 13.7. The van der Waals surface area contributed by atoms with E-state index in [1.165, 1.54) is 42.8 Å². The standard InChI is InChI=1S/C34H34F4N6O4/c1-19(22-3-2-4-22)40-14-21-10-27(33(47)44(15-21)24-6-7-24)31(45)42-29-11-23(12-30(41-29)48-16-28(35)36)25-8-5-20(13-39)9-26(25)32(46)43-17-34(37,38)18-43/h5,8-12,15,19,22,24,28,40H,2-4,6-7,14,16-18H2,1H3,(H,41,42,45)/t19-/m0/s1. The van der Waals surface area contributed by atoms with Crippen molar-refractivity contribution < 1.29 is 31.9 Å². The predicted molar refractivity (Wildman–Crippen MR) is 167 cm³/mol. The number of rotatable bonds is 12. The van der Waals surface area contributed by atoms with Crippen molar-refractivity contribution >= 4 is 17.6 Å². The van der Waals surface area contributed by atoms with Crippen LogP contribution in [0.25, 0.3) is 11.1 Å². The number of halogens is 4. The van der Waals surface area contributed by atoms with Crippen molar-refractivity contribution in [1.82, 2.24) is 19.8 Å². The van der Waals surface area contributed by atoms with Crippen LogP contribution in [-0.4, -0.2) is 64.4 Å². The van der Waals surface area contributed by atoms with E-state index in [0.29, 0.717) is 12.5 Å². The number of alkyl halides is 4. The predicted octanol–water partition coefficient (Wildman–Crippen LogP) is 5.38. The van der Waals surface area contributed by atoms with Crippen LogP contribution in [0, 0.1) is 17.2 Å². The summed E-state index contributed by atoms with van der Waals surface area (Å²) >= 11 is 0. The summed E-state index contributed by atoms with van der Waals surface area (Å²) in [7, 11) is 0. The van der Waals surface area contributed by atoms with Gasteiger partial charge in [-0.05, 0) is 79.5 Å². The van der Waals surface area contributed by atoms with Crippen LogP contribution in [0.1, 0.15) is 76.9 Å². The molecule has 1 saturated heterocycles. The highest BCUT2D eigenvalue weighted by molar-refractivity contribution is 6.05.